The fourth-order valence-corrected chi connectivity index (χ4v) is 5.57. The molecule has 2 aromatic heterocycles. The molecule has 0 aliphatic carbocycles. The summed E-state index contributed by atoms with van der Waals surface area (Å²) in [5, 5.41) is 4.38. The predicted molar refractivity (Wildman–Crippen MR) is 119 cm³/mol. The summed E-state index contributed by atoms with van der Waals surface area (Å²) in [5.41, 5.74) is 1.26. The van der Waals surface area contributed by atoms with Crippen LogP contribution in [0.4, 0.5) is 0 Å². The molecular weight excluding hydrogens is 384 g/mol. The number of thiophene rings is 1. The Hall–Kier alpha value is -2.18. The van der Waals surface area contributed by atoms with E-state index in [4.69, 9.17) is 4.42 Å². The van der Waals surface area contributed by atoms with Gasteiger partial charge in [-0.2, -0.15) is 0 Å². The Balaban J connectivity index is 1.42. The number of fused-ring (bicyclic) bond motifs is 3. The van der Waals surface area contributed by atoms with Crippen LogP contribution in [-0.2, 0) is 0 Å². The average molecular weight is 413 g/mol. The number of aryl methyl sites for hydroxylation is 1. The first kappa shape index (κ1) is 20.1. The molecule has 5 nitrogen and oxygen atoms in total. The molecule has 1 amide bonds. The summed E-state index contributed by atoms with van der Waals surface area (Å²) < 4.78 is 6.24. The maximum absolute atomic E-state index is 12.6. The van der Waals surface area contributed by atoms with E-state index in [0.29, 0.717) is 22.4 Å². The maximum atomic E-state index is 12.6. The second-order valence-electron chi connectivity index (χ2n) is 8.56. The number of hydrogen-bond acceptors (Lipinski definition) is 5. The van der Waals surface area contributed by atoms with Crippen molar-refractivity contribution >= 4 is 38.3 Å². The molecule has 3 aromatic rings. The standard InChI is InChI=1S/C23H28N2O3S/c1-14-5-6-19-17(10-14)21-18(23(27)28-19)11-20(29-21)22(26)24-7-4-8-25-12-15(2)9-16(3)13-25/h5-6,10-11,15-16H,4,7-9,12-13H2,1-3H3,(H,24,26)/t15-,16-/m1/s1. The summed E-state index contributed by atoms with van der Waals surface area (Å²) in [5.74, 6) is 1.38. The molecule has 29 heavy (non-hydrogen) atoms. The second-order valence-corrected chi connectivity index (χ2v) is 9.61. The van der Waals surface area contributed by atoms with Crippen LogP contribution in [-0.4, -0.2) is 37.0 Å². The minimum atomic E-state index is -0.389. The molecule has 6 heteroatoms. The molecule has 1 saturated heterocycles. The normalized spacial score (nSPS) is 20.4. The van der Waals surface area contributed by atoms with Gasteiger partial charge in [-0.3, -0.25) is 4.79 Å². The molecule has 4 rings (SSSR count). The fourth-order valence-electron chi connectivity index (χ4n) is 4.49. The van der Waals surface area contributed by atoms with Crippen LogP contribution < -0.4 is 10.9 Å². The summed E-state index contributed by atoms with van der Waals surface area (Å²) in [7, 11) is 0. The van der Waals surface area contributed by atoms with Gasteiger partial charge in [0.1, 0.15) is 5.58 Å². The highest BCUT2D eigenvalue weighted by atomic mass is 32.1. The van der Waals surface area contributed by atoms with E-state index < -0.39 is 0 Å². The van der Waals surface area contributed by atoms with E-state index in [1.54, 1.807) is 6.07 Å². The molecule has 1 aliphatic heterocycles. The van der Waals surface area contributed by atoms with Gasteiger partial charge in [0, 0.05) is 25.0 Å². The second kappa shape index (κ2) is 8.28. The fraction of sp³-hybridized carbons (Fsp3) is 0.478. The van der Waals surface area contributed by atoms with Gasteiger partial charge in [0.2, 0.25) is 0 Å². The lowest BCUT2D eigenvalue weighted by molar-refractivity contribution is 0.0951. The van der Waals surface area contributed by atoms with Gasteiger partial charge in [-0.05, 0) is 56.3 Å². The SMILES string of the molecule is Cc1ccc2oc(=O)c3cc(C(=O)NCCCN4C[C@H](C)C[C@@H](C)C4)sc3c2c1. The van der Waals surface area contributed by atoms with Gasteiger partial charge in [0.25, 0.3) is 5.91 Å². The Kier molecular flexibility index (Phi) is 5.74. The first-order valence-electron chi connectivity index (χ1n) is 10.4. The van der Waals surface area contributed by atoms with Crippen LogP contribution in [0.15, 0.2) is 33.5 Å². The van der Waals surface area contributed by atoms with Crippen molar-refractivity contribution in [2.24, 2.45) is 11.8 Å². The van der Waals surface area contributed by atoms with Crippen molar-refractivity contribution in [3.8, 4) is 0 Å². The highest BCUT2D eigenvalue weighted by Crippen LogP contribution is 2.31. The van der Waals surface area contributed by atoms with Crippen LogP contribution >= 0.6 is 11.3 Å². The topological polar surface area (TPSA) is 62.6 Å². The molecule has 154 valence electrons. The predicted octanol–water partition coefficient (Wildman–Crippen LogP) is 4.41. The van der Waals surface area contributed by atoms with E-state index in [0.717, 1.165) is 53.5 Å². The smallest absolute Gasteiger partial charge is 0.345 e. The van der Waals surface area contributed by atoms with Gasteiger partial charge in [-0.1, -0.05) is 25.5 Å². The highest BCUT2D eigenvalue weighted by Gasteiger charge is 2.21. The molecule has 1 aromatic carbocycles. The van der Waals surface area contributed by atoms with Crippen molar-refractivity contribution in [3.63, 3.8) is 0 Å². The Bertz CT molecular complexity index is 1090. The number of nitrogens with zero attached hydrogens (tertiary/aromatic N) is 1. The molecule has 0 bridgehead atoms. The van der Waals surface area contributed by atoms with Gasteiger partial charge in [0.05, 0.1) is 15.0 Å². The third kappa shape index (κ3) is 4.38. The molecule has 0 spiro atoms. The van der Waals surface area contributed by atoms with Crippen LogP contribution in [0.3, 0.4) is 0 Å². The van der Waals surface area contributed by atoms with E-state index in [-0.39, 0.29) is 11.5 Å². The van der Waals surface area contributed by atoms with E-state index >= 15 is 0 Å². The minimum absolute atomic E-state index is 0.119. The number of nitrogens with one attached hydrogen (secondary N) is 1. The molecule has 1 fully saturated rings. The zero-order chi connectivity index (χ0) is 20.5. The van der Waals surface area contributed by atoms with Crippen molar-refractivity contribution < 1.29 is 9.21 Å². The number of hydrogen-bond donors (Lipinski definition) is 1. The lowest BCUT2D eigenvalue weighted by Crippen LogP contribution is -2.40. The van der Waals surface area contributed by atoms with Crippen LogP contribution in [0.25, 0.3) is 21.1 Å². The summed E-state index contributed by atoms with van der Waals surface area (Å²) >= 11 is 1.36. The number of piperidine rings is 1. The maximum Gasteiger partial charge on any atom is 0.345 e. The van der Waals surface area contributed by atoms with Crippen molar-refractivity contribution in [3.05, 3.63) is 45.1 Å². The number of carbonyl (C=O) groups is 1. The molecule has 1 N–H and O–H groups in total. The van der Waals surface area contributed by atoms with E-state index in [1.165, 1.54) is 17.8 Å². The summed E-state index contributed by atoms with van der Waals surface area (Å²) in [6.45, 7) is 10.6. The average Bonchev–Trinajstić information content (AvgIpc) is 3.12. The van der Waals surface area contributed by atoms with E-state index in [9.17, 15) is 9.59 Å². The van der Waals surface area contributed by atoms with Crippen molar-refractivity contribution in [2.45, 2.75) is 33.6 Å². The summed E-state index contributed by atoms with van der Waals surface area (Å²) in [6, 6.07) is 7.39. The van der Waals surface area contributed by atoms with Crippen LogP contribution in [0.1, 0.15) is 41.9 Å². The van der Waals surface area contributed by atoms with E-state index in [2.05, 4.69) is 24.1 Å². The van der Waals surface area contributed by atoms with Gasteiger partial charge in [-0.25, -0.2) is 4.79 Å². The molecule has 2 atom stereocenters. The molecule has 3 heterocycles. The molecule has 0 radical (unpaired) electrons. The Morgan fingerprint density at radius 3 is 2.72 bits per heavy atom. The van der Waals surface area contributed by atoms with Gasteiger partial charge < -0.3 is 14.6 Å². The third-order valence-corrected chi connectivity index (χ3v) is 6.81. The van der Waals surface area contributed by atoms with Gasteiger partial charge in [-0.15, -0.1) is 11.3 Å². The Morgan fingerprint density at radius 1 is 1.21 bits per heavy atom. The minimum Gasteiger partial charge on any atom is -0.422 e. The summed E-state index contributed by atoms with van der Waals surface area (Å²) in [6.07, 6.45) is 2.24. The molecule has 0 saturated carbocycles. The zero-order valence-corrected chi connectivity index (χ0v) is 18.1. The van der Waals surface area contributed by atoms with Crippen LogP contribution in [0.5, 0.6) is 0 Å². The monoisotopic (exact) mass is 412 g/mol. The molecule has 1 aliphatic rings. The van der Waals surface area contributed by atoms with E-state index in [1.807, 2.05) is 25.1 Å². The van der Waals surface area contributed by atoms with Gasteiger partial charge in [0.15, 0.2) is 0 Å². The van der Waals surface area contributed by atoms with Crippen molar-refractivity contribution in [1.29, 1.82) is 0 Å². The van der Waals surface area contributed by atoms with Crippen LogP contribution in [0.2, 0.25) is 0 Å². The van der Waals surface area contributed by atoms with Crippen molar-refractivity contribution in [2.75, 3.05) is 26.2 Å². The highest BCUT2D eigenvalue weighted by molar-refractivity contribution is 7.21. The largest absolute Gasteiger partial charge is 0.422 e. The third-order valence-electron chi connectivity index (χ3n) is 5.64. The van der Waals surface area contributed by atoms with Crippen LogP contribution in [0, 0.1) is 18.8 Å². The number of benzene rings is 1. The first-order chi connectivity index (χ1) is 13.9. The number of rotatable bonds is 5. The first-order valence-corrected chi connectivity index (χ1v) is 11.2. The van der Waals surface area contributed by atoms with Gasteiger partial charge >= 0.3 is 5.63 Å². The Labute approximate surface area is 174 Å². The number of likely N-dealkylation sites (tertiary alicyclic amines) is 1. The number of carbonyl (C=O) groups excluding carboxylic acids is 1. The quantitative estimate of drug-likeness (QED) is 0.498. The summed E-state index contributed by atoms with van der Waals surface area (Å²) in [4.78, 5) is 28.0. The lowest BCUT2D eigenvalue weighted by Gasteiger charge is -2.34. The van der Waals surface area contributed by atoms with Crippen molar-refractivity contribution in [1.82, 2.24) is 10.2 Å². The lowest BCUT2D eigenvalue weighted by atomic mass is 9.92. The zero-order valence-electron chi connectivity index (χ0n) is 17.3. The number of amides is 1. The Morgan fingerprint density at radius 2 is 1.97 bits per heavy atom. The molecular formula is C23H28N2O3S. The molecule has 0 unspecified atom stereocenters.